The lowest BCUT2D eigenvalue weighted by molar-refractivity contribution is -0.138. The van der Waals surface area contributed by atoms with E-state index in [0.717, 1.165) is 18.8 Å². The van der Waals surface area contributed by atoms with Crippen LogP contribution >= 0.6 is 0 Å². The Hall–Kier alpha value is -3.44. The molecule has 12 heteroatoms. The molecular formula is C23H25F4N5O3. The van der Waals surface area contributed by atoms with E-state index in [1.807, 2.05) is 0 Å². The third-order valence-electron chi connectivity index (χ3n) is 5.99. The van der Waals surface area contributed by atoms with Crippen molar-refractivity contribution in [2.45, 2.75) is 31.9 Å². The lowest BCUT2D eigenvalue weighted by Gasteiger charge is -2.35. The van der Waals surface area contributed by atoms with E-state index < -0.39 is 35.1 Å². The van der Waals surface area contributed by atoms with Crippen LogP contribution in [0.25, 0.3) is 0 Å². The van der Waals surface area contributed by atoms with Crippen molar-refractivity contribution in [1.29, 1.82) is 0 Å². The van der Waals surface area contributed by atoms with Gasteiger partial charge >= 0.3 is 12.3 Å². The first-order valence-electron chi connectivity index (χ1n) is 11.4. The zero-order valence-electron chi connectivity index (χ0n) is 18.9. The van der Waals surface area contributed by atoms with E-state index in [1.54, 1.807) is 11.0 Å². The van der Waals surface area contributed by atoms with Crippen molar-refractivity contribution < 1.29 is 31.9 Å². The number of halogens is 4. The van der Waals surface area contributed by atoms with Gasteiger partial charge in [0, 0.05) is 38.8 Å². The Balaban J connectivity index is 1.28. The number of ether oxygens (including phenoxy) is 1. The van der Waals surface area contributed by atoms with Gasteiger partial charge in [0.2, 0.25) is 5.88 Å². The van der Waals surface area contributed by atoms with Gasteiger partial charge < -0.3 is 19.9 Å². The molecule has 2 amide bonds. The third kappa shape index (κ3) is 6.58. The SMILES string of the molecule is O=C(NCCCC1CC1)Oc1ccc(N2CCN(C(=O)c3cc(F)ccc3C(F)(F)F)CC2)nn1. The summed E-state index contributed by atoms with van der Waals surface area (Å²) in [5.41, 5.74) is -1.88. The molecule has 1 aliphatic heterocycles. The fourth-order valence-corrected chi connectivity index (χ4v) is 3.90. The van der Waals surface area contributed by atoms with Crippen LogP contribution in [0.5, 0.6) is 5.88 Å². The molecule has 2 aliphatic rings. The van der Waals surface area contributed by atoms with Crippen LogP contribution < -0.4 is 15.0 Å². The van der Waals surface area contributed by atoms with E-state index in [4.69, 9.17) is 4.74 Å². The van der Waals surface area contributed by atoms with Crippen LogP contribution in [0.1, 0.15) is 41.6 Å². The lowest BCUT2D eigenvalue weighted by atomic mass is 10.0. The van der Waals surface area contributed by atoms with E-state index in [0.29, 0.717) is 43.7 Å². The molecule has 1 saturated heterocycles. The van der Waals surface area contributed by atoms with E-state index in [-0.39, 0.29) is 19.0 Å². The fourth-order valence-electron chi connectivity index (χ4n) is 3.90. The summed E-state index contributed by atoms with van der Waals surface area (Å²) in [4.78, 5) is 27.6. The normalized spacial score (nSPS) is 16.2. The second-order valence-corrected chi connectivity index (χ2v) is 8.60. The number of benzene rings is 1. The van der Waals surface area contributed by atoms with Crippen molar-refractivity contribution in [3.8, 4) is 5.88 Å². The smallest absolute Gasteiger partial charge is 0.390 e. The Morgan fingerprint density at radius 3 is 2.43 bits per heavy atom. The van der Waals surface area contributed by atoms with Gasteiger partial charge in [0.1, 0.15) is 5.82 Å². The van der Waals surface area contributed by atoms with Gasteiger partial charge in [-0.15, -0.1) is 10.2 Å². The number of rotatable bonds is 7. The summed E-state index contributed by atoms with van der Waals surface area (Å²) in [6.07, 6.45) is -0.846. The van der Waals surface area contributed by atoms with Crippen LogP contribution in [0.4, 0.5) is 28.2 Å². The summed E-state index contributed by atoms with van der Waals surface area (Å²) in [6.45, 7) is 1.35. The highest BCUT2D eigenvalue weighted by Crippen LogP contribution is 2.34. The van der Waals surface area contributed by atoms with Crippen LogP contribution in [0.2, 0.25) is 0 Å². The standard InChI is InChI=1S/C23H25F4N5O3/c24-16-5-6-18(23(25,26)27)17(14-16)21(33)32-12-10-31(11-13-32)19-7-8-20(30-29-19)35-22(34)28-9-1-2-15-3-4-15/h5-8,14-15H,1-4,9-13H2,(H,28,34). The minimum atomic E-state index is -4.77. The molecule has 0 atom stereocenters. The monoisotopic (exact) mass is 495 g/mol. The van der Waals surface area contributed by atoms with Gasteiger partial charge in [0.25, 0.3) is 5.91 Å². The molecule has 35 heavy (non-hydrogen) atoms. The Morgan fingerprint density at radius 2 is 1.80 bits per heavy atom. The number of hydrogen-bond donors (Lipinski definition) is 1. The van der Waals surface area contributed by atoms with Crippen LogP contribution in [0.15, 0.2) is 30.3 Å². The first-order valence-corrected chi connectivity index (χ1v) is 11.4. The van der Waals surface area contributed by atoms with Crippen molar-refractivity contribution in [2.75, 3.05) is 37.6 Å². The van der Waals surface area contributed by atoms with Crippen molar-refractivity contribution >= 4 is 17.8 Å². The van der Waals surface area contributed by atoms with Crippen molar-refractivity contribution in [3.63, 3.8) is 0 Å². The number of aromatic nitrogens is 2. The van der Waals surface area contributed by atoms with Crippen LogP contribution in [0.3, 0.4) is 0 Å². The van der Waals surface area contributed by atoms with Gasteiger partial charge in [-0.3, -0.25) is 4.79 Å². The first kappa shape index (κ1) is 24.7. The molecule has 4 rings (SSSR count). The minimum Gasteiger partial charge on any atom is -0.390 e. The molecule has 1 aromatic heterocycles. The average molecular weight is 495 g/mol. The third-order valence-corrected chi connectivity index (χ3v) is 5.99. The molecule has 0 spiro atoms. The quantitative estimate of drug-likeness (QED) is 0.464. The molecule has 0 bridgehead atoms. The predicted molar refractivity (Wildman–Crippen MR) is 118 cm³/mol. The van der Waals surface area contributed by atoms with E-state index in [1.165, 1.54) is 23.8 Å². The number of nitrogens with zero attached hydrogens (tertiary/aromatic N) is 4. The van der Waals surface area contributed by atoms with Crippen molar-refractivity contribution in [2.24, 2.45) is 5.92 Å². The van der Waals surface area contributed by atoms with Gasteiger partial charge in [0.15, 0.2) is 5.82 Å². The Kier molecular flexibility index (Phi) is 7.37. The highest BCUT2D eigenvalue weighted by Gasteiger charge is 2.37. The largest absolute Gasteiger partial charge is 0.417 e. The summed E-state index contributed by atoms with van der Waals surface area (Å²) in [5.74, 6) is -0.493. The molecule has 2 fully saturated rings. The molecule has 0 unspecified atom stereocenters. The molecule has 0 radical (unpaired) electrons. The zero-order valence-corrected chi connectivity index (χ0v) is 18.9. The number of alkyl halides is 3. The Morgan fingerprint density at radius 1 is 1.06 bits per heavy atom. The number of piperazine rings is 1. The summed E-state index contributed by atoms with van der Waals surface area (Å²) in [6, 6.07) is 4.97. The zero-order chi connectivity index (χ0) is 25.0. The first-order chi connectivity index (χ1) is 16.7. The molecule has 1 aliphatic carbocycles. The number of nitrogens with one attached hydrogen (secondary N) is 1. The van der Waals surface area contributed by atoms with Gasteiger partial charge in [0.05, 0.1) is 11.1 Å². The maximum Gasteiger partial charge on any atom is 0.417 e. The lowest BCUT2D eigenvalue weighted by Crippen LogP contribution is -2.49. The molecule has 188 valence electrons. The summed E-state index contributed by atoms with van der Waals surface area (Å²) < 4.78 is 58.5. The number of carbonyl (C=O) groups is 2. The molecule has 2 aromatic rings. The second kappa shape index (κ2) is 10.4. The predicted octanol–water partition coefficient (Wildman–Crippen LogP) is 3.88. The van der Waals surface area contributed by atoms with Crippen molar-refractivity contribution in [3.05, 3.63) is 47.3 Å². The summed E-state index contributed by atoms with van der Waals surface area (Å²) in [7, 11) is 0. The average Bonchev–Trinajstić information content (AvgIpc) is 3.66. The summed E-state index contributed by atoms with van der Waals surface area (Å²) >= 11 is 0. The molecule has 8 nitrogen and oxygen atoms in total. The number of hydrogen-bond acceptors (Lipinski definition) is 6. The fraction of sp³-hybridized carbons (Fsp3) is 0.478. The maximum atomic E-state index is 13.6. The highest BCUT2D eigenvalue weighted by atomic mass is 19.4. The molecule has 1 N–H and O–H groups in total. The van der Waals surface area contributed by atoms with Gasteiger partial charge in [-0.25, -0.2) is 9.18 Å². The topological polar surface area (TPSA) is 87.7 Å². The summed E-state index contributed by atoms with van der Waals surface area (Å²) in [5, 5.41) is 10.6. The highest BCUT2D eigenvalue weighted by molar-refractivity contribution is 5.96. The van der Waals surface area contributed by atoms with Gasteiger partial charge in [-0.1, -0.05) is 12.8 Å². The van der Waals surface area contributed by atoms with Gasteiger partial charge in [-0.2, -0.15) is 13.2 Å². The maximum absolute atomic E-state index is 13.6. The van der Waals surface area contributed by atoms with Crippen molar-refractivity contribution in [1.82, 2.24) is 20.4 Å². The minimum absolute atomic E-state index is 0.0352. The number of anilines is 1. The van der Waals surface area contributed by atoms with Crippen LogP contribution in [0, 0.1) is 11.7 Å². The van der Waals surface area contributed by atoms with E-state index in [2.05, 4.69) is 15.5 Å². The van der Waals surface area contributed by atoms with E-state index >= 15 is 0 Å². The molecule has 1 aromatic carbocycles. The van der Waals surface area contributed by atoms with Gasteiger partial charge in [-0.05, 0) is 43.0 Å². The number of amides is 2. The molecule has 1 saturated carbocycles. The molecule has 2 heterocycles. The van der Waals surface area contributed by atoms with Crippen LogP contribution in [-0.2, 0) is 6.18 Å². The molecular weight excluding hydrogens is 470 g/mol. The van der Waals surface area contributed by atoms with E-state index in [9.17, 15) is 27.2 Å². The van der Waals surface area contributed by atoms with Crippen LogP contribution in [-0.4, -0.2) is 59.8 Å². The second-order valence-electron chi connectivity index (χ2n) is 8.60. The Labute approximate surface area is 199 Å². The number of carbonyl (C=O) groups excluding carboxylic acids is 2. The Bertz CT molecular complexity index is 1050.